The van der Waals surface area contributed by atoms with Crippen molar-refractivity contribution in [1.29, 1.82) is 0 Å². The minimum absolute atomic E-state index is 0.00241. The van der Waals surface area contributed by atoms with E-state index in [9.17, 15) is 14.4 Å². The van der Waals surface area contributed by atoms with Gasteiger partial charge in [-0.25, -0.2) is 14.4 Å². The lowest BCUT2D eigenvalue weighted by Gasteiger charge is -2.22. The monoisotopic (exact) mass is 319 g/mol. The number of H-pyrrole nitrogens is 1. The zero-order chi connectivity index (χ0) is 17.0. The molecule has 0 radical (unpaired) electrons. The van der Waals surface area contributed by atoms with Gasteiger partial charge in [0.15, 0.2) is 0 Å². The number of imidazole rings is 1. The van der Waals surface area contributed by atoms with Gasteiger partial charge in [-0.1, -0.05) is 12.1 Å². The fourth-order valence-electron chi connectivity index (χ4n) is 2.52. The van der Waals surface area contributed by atoms with Crippen LogP contribution in [0.3, 0.4) is 0 Å². The van der Waals surface area contributed by atoms with Crippen LogP contribution in [0.15, 0.2) is 35.1 Å². The Morgan fingerprint density at radius 1 is 1.30 bits per heavy atom. The molecule has 0 aliphatic carbocycles. The van der Waals surface area contributed by atoms with Crippen LogP contribution in [-0.4, -0.2) is 44.8 Å². The van der Waals surface area contributed by atoms with Crippen molar-refractivity contribution in [3.8, 4) is 0 Å². The van der Waals surface area contributed by atoms with Crippen LogP contribution in [0.4, 0.5) is 0 Å². The number of carboxylic acid groups (broad SMARTS) is 2. The molecule has 0 amide bonds. The van der Waals surface area contributed by atoms with E-state index in [2.05, 4.69) is 16.4 Å². The highest BCUT2D eigenvalue weighted by molar-refractivity contribution is 5.89. The SMILES string of the molecule is CN[C@@H]1Cc2cccc3[nH]c(=O)n(c23)C1.O=C(O)/C=C\C(=O)O. The molecule has 0 saturated heterocycles. The van der Waals surface area contributed by atoms with Crippen LogP contribution in [0.1, 0.15) is 5.56 Å². The molecule has 3 rings (SSSR count). The number of nitrogens with one attached hydrogen (secondary N) is 2. The standard InChI is InChI=1S/C11H13N3O.C4H4O4/c1-12-8-5-7-3-2-4-9-10(7)14(6-8)11(15)13-9;5-3(6)1-2-4(7)8/h2-4,8,12H,5-6H2,1H3,(H,13,15);1-2H,(H,5,6)(H,7,8)/b;2-1-/t8-;/m1./s1. The number of hydrogen-bond acceptors (Lipinski definition) is 4. The Morgan fingerprint density at radius 3 is 2.52 bits per heavy atom. The highest BCUT2D eigenvalue weighted by atomic mass is 16.4. The maximum atomic E-state index is 11.7. The Morgan fingerprint density at radius 2 is 1.96 bits per heavy atom. The number of carboxylic acids is 2. The molecule has 1 atom stereocenters. The molecule has 23 heavy (non-hydrogen) atoms. The van der Waals surface area contributed by atoms with Crippen molar-refractivity contribution in [2.24, 2.45) is 0 Å². The second kappa shape index (κ2) is 6.93. The Hall–Kier alpha value is -2.87. The summed E-state index contributed by atoms with van der Waals surface area (Å²) in [5.41, 5.74) is 3.27. The van der Waals surface area contributed by atoms with Crippen LogP contribution < -0.4 is 11.0 Å². The third-order valence-electron chi connectivity index (χ3n) is 3.52. The fourth-order valence-corrected chi connectivity index (χ4v) is 2.52. The van der Waals surface area contributed by atoms with E-state index in [1.165, 1.54) is 5.56 Å². The van der Waals surface area contributed by atoms with Crippen LogP contribution in [0.5, 0.6) is 0 Å². The first-order chi connectivity index (χ1) is 10.9. The van der Waals surface area contributed by atoms with Gasteiger partial charge in [0, 0.05) is 24.7 Å². The molecule has 8 heteroatoms. The normalized spacial score (nSPS) is 16.1. The van der Waals surface area contributed by atoms with Crippen molar-refractivity contribution < 1.29 is 19.8 Å². The molecule has 0 bridgehead atoms. The van der Waals surface area contributed by atoms with Crippen molar-refractivity contribution >= 4 is 23.0 Å². The van der Waals surface area contributed by atoms with E-state index in [0.29, 0.717) is 18.2 Å². The van der Waals surface area contributed by atoms with Crippen LogP contribution in [0, 0.1) is 0 Å². The molecule has 1 aliphatic rings. The number of hydrogen-bond donors (Lipinski definition) is 4. The molecular formula is C15H17N3O5. The first-order valence-electron chi connectivity index (χ1n) is 6.94. The quantitative estimate of drug-likeness (QED) is 0.598. The van der Waals surface area contributed by atoms with Gasteiger partial charge in [0.2, 0.25) is 0 Å². The van der Waals surface area contributed by atoms with E-state index in [-0.39, 0.29) is 5.69 Å². The van der Waals surface area contributed by atoms with Gasteiger partial charge in [0.1, 0.15) is 0 Å². The summed E-state index contributed by atoms with van der Waals surface area (Å²) in [6.07, 6.45) is 2.11. The highest BCUT2D eigenvalue weighted by Crippen LogP contribution is 2.22. The van der Waals surface area contributed by atoms with Crippen LogP contribution >= 0.6 is 0 Å². The molecule has 0 saturated carbocycles. The number of benzene rings is 1. The number of aliphatic carboxylic acids is 2. The summed E-state index contributed by atoms with van der Waals surface area (Å²) in [4.78, 5) is 33.7. The lowest BCUT2D eigenvalue weighted by atomic mass is 10.0. The summed E-state index contributed by atoms with van der Waals surface area (Å²) < 4.78 is 1.83. The molecule has 1 aromatic heterocycles. The predicted molar refractivity (Wildman–Crippen MR) is 83.5 cm³/mol. The van der Waals surface area contributed by atoms with Gasteiger partial charge in [-0.3, -0.25) is 4.57 Å². The molecule has 0 spiro atoms. The van der Waals surface area contributed by atoms with E-state index in [1.807, 2.05) is 23.7 Å². The van der Waals surface area contributed by atoms with Crippen LogP contribution in [0.2, 0.25) is 0 Å². The third kappa shape index (κ3) is 3.86. The van der Waals surface area contributed by atoms with E-state index in [0.717, 1.165) is 24.0 Å². The van der Waals surface area contributed by atoms with E-state index in [4.69, 9.17) is 10.2 Å². The van der Waals surface area contributed by atoms with Gasteiger partial charge >= 0.3 is 17.6 Å². The van der Waals surface area contributed by atoms with Gasteiger partial charge in [-0.05, 0) is 25.1 Å². The maximum absolute atomic E-state index is 11.7. The number of aromatic amines is 1. The number of para-hydroxylation sites is 1. The predicted octanol–water partition coefficient (Wildman–Crippen LogP) is 0.185. The molecule has 122 valence electrons. The third-order valence-corrected chi connectivity index (χ3v) is 3.52. The molecule has 2 aromatic rings. The van der Waals surface area contributed by atoms with Crippen molar-refractivity contribution in [2.75, 3.05) is 7.05 Å². The molecule has 1 aliphatic heterocycles. The largest absolute Gasteiger partial charge is 0.478 e. The number of likely N-dealkylation sites (N-methyl/N-ethyl adjacent to an activating group) is 1. The molecule has 8 nitrogen and oxygen atoms in total. The maximum Gasteiger partial charge on any atom is 0.328 e. The number of aromatic nitrogens is 2. The molecule has 4 N–H and O–H groups in total. The summed E-state index contributed by atoms with van der Waals surface area (Å²) in [7, 11) is 1.94. The van der Waals surface area contributed by atoms with Gasteiger partial charge < -0.3 is 20.5 Å². The Kier molecular flexibility index (Phi) is 4.97. The topological polar surface area (TPSA) is 124 Å². The van der Waals surface area contributed by atoms with Gasteiger partial charge in [-0.2, -0.15) is 0 Å². The minimum atomic E-state index is -1.26. The van der Waals surface area contributed by atoms with Crippen molar-refractivity contribution in [1.82, 2.24) is 14.9 Å². The van der Waals surface area contributed by atoms with Crippen LogP contribution in [-0.2, 0) is 22.6 Å². The van der Waals surface area contributed by atoms with Crippen molar-refractivity contribution in [3.05, 3.63) is 46.4 Å². The molecule has 1 aromatic carbocycles. The Balaban J connectivity index is 0.000000207. The molecule has 0 fully saturated rings. The van der Waals surface area contributed by atoms with Crippen molar-refractivity contribution in [2.45, 2.75) is 19.0 Å². The lowest BCUT2D eigenvalue weighted by molar-refractivity contribution is -0.134. The first-order valence-corrected chi connectivity index (χ1v) is 6.94. The lowest BCUT2D eigenvalue weighted by Crippen LogP contribution is -2.38. The fraction of sp³-hybridized carbons (Fsp3) is 0.267. The van der Waals surface area contributed by atoms with Gasteiger partial charge in [-0.15, -0.1) is 0 Å². The van der Waals surface area contributed by atoms with Crippen molar-refractivity contribution in [3.63, 3.8) is 0 Å². The smallest absolute Gasteiger partial charge is 0.328 e. The Bertz CT molecular complexity index is 802. The Labute approximate surface area is 131 Å². The zero-order valence-electron chi connectivity index (χ0n) is 12.4. The first kappa shape index (κ1) is 16.5. The second-order valence-electron chi connectivity index (χ2n) is 5.05. The number of nitrogens with zero attached hydrogens (tertiary/aromatic N) is 1. The second-order valence-corrected chi connectivity index (χ2v) is 5.05. The summed E-state index contributed by atoms with van der Waals surface area (Å²) in [5.74, 6) is -2.51. The summed E-state index contributed by atoms with van der Waals surface area (Å²) in [5, 5.41) is 18.9. The van der Waals surface area contributed by atoms with E-state index < -0.39 is 11.9 Å². The van der Waals surface area contributed by atoms with Crippen LogP contribution in [0.25, 0.3) is 11.0 Å². The van der Waals surface area contributed by atoms with Gasteiger partial charge in [0.25, 0.3) is 0 Å². The average Bonchev–Trinajstić information content (AvgIpc) is 2.84. The average molecular weight is 319 g/mol. The number of rotatable bonds is 3. The zero-order valence-corrected chi connectivity index (χ0v) is 12.4. The number of carbonyl (C=O) groups is 2. The highest BCUT2D eigenvalue weighted by Gasteiger charge is 2.21. The van der Waals surface area contributed by atoms with E-state index in [1.54, 1.807) is 0 Å². The minimum Gasteiger partial charge on any atom is -0.478 e. The van der Waals surface area contributed by atoms with E-state index >= 15 is 0 Å². The molecule has 2 heterocycles. The summed E-state index contributed by atoms with van der Waals surface area (Å²) in [6, 6.07) is 6.40. The van der Waals surface area contributed by atoms with Gasteiger partial charge in [0.05, 0.1) is 11.0 Å². The summed E-state index contributed by atoms with van der Waals surface area (Å²) >= 11 is 0. The molecule has 0 unspecified atom stereocenters. The summed E-state index contributed by atoms with van der Waals surface area (Å²) in [6.45, 7) is 0.756. The molecular weight excluding hydrogens is 302 g/mol.